The molecular weight excluding hydrogens is 270 g/mol. The van der Waals surface area contributed by atoms with E-state index in [-0.39, 0.29) is 17.6 Å². The highest BCUT2D eigenvalue weighted by Gasteiger charge is 2.40. The number of benzene rings is 1. The fourth-order valence-corrected chi connectivity index (χ4v) is 4.50. The quantitative estimate of drug-likeness (QED) is 0.684. The summed E-state index contributed by atoms with van der Waals surface area (Å²) in [6, 6.07) is 8.52. The van der Waals surface area contributed by atoms with E-state index in [1.807, 2.05) is 6.07 Å². The number of Topliss-reactive ketones (excluding diaryl/α,β-unsaturated/α-hetero) is 2. The first-order valence-electron chi connectivity index (χ1n) is 6.97. The van der Waals surface area contributed by atoms with Gasteiger partial charge in [-0.1, -0.05) is 24.3 Å². The van der Waals surface area contributed by atoms with E-state index in [1.54, 1.807) is 11.8 Å². The minimum Gasteiger partial charge on any atom is -0.366 e. The molecule has 0 fully saturated rings. The molecule has 0 saturated heterocycles. The monoisotopic (exact) mass is 285 g/mol. The van der Waals surface area contributed by atoms with E-state index < -0.39 is 0 Å². The van der Waals surface area contributed by atoms with E-state index in [0.29, 0.717) is 17.7 Å². The predicted octanol–water partition coefficient (Wildman–Crippen LogP) is 2.13. The number of nitrogens with zero attached hydrogens (tertiary/aromatic N) is 1. The zero-order chi connectivity index (χ0) is 13.7. The van der Waals surface area contributed by atoms with Crippen LogP contribution >= 0.6 is 11.8 Å². The fraction of sp³-hybridized carbons (Fsp3) is 0.375. The number of rotatable bonds is 0. The largest absolute Gasteiger partial charge is 0.366 e. The molecule has 1 atom stereocenters. The molecule has 0 spiro atoms. The van der Waals surface area contributed by atoms with Crippen molar-refractivity contribution < 1.29 is 9.59 Å². The van der Waals surface area contributed by atoms with E-state index in [1.165, 1.54) is 11.1 Å². The first-order chi connectivity index (χ1) is 9.75. The highest BCUT2D eigenvalue weighted by atomic mass is 32.2. The molecule has 4 rings (SSSR count). The van der Waals surface area contributed by atoms with Crippen LogP contribution in [-0.2, 0) is 16.0 Å². The molecule has 20 heavy (non-hydrogen) atoms. The van der Waals surface area contributed by atoms with Crippen molar-refractivity contribution in [3.8, 4) is 0 Å². The number of fused-ring (bicyclic) bond motifs is 4. The Kier molecular flexibility index (Phi) is 2.74. The zero-order valence-corrected chi connectivity index (χ0v) is 11.9. The molecule has 3 aliphatic heterocycles. The average Bonchev–Trinajstić information content (AvgIpc) is 2.47. The second-order valence-corrected chi connectivity index (χ2v) is 6.51. The Hall–Kier alpha value is -1.55. The third kappa shape index (κ3) is 1.67. The Morgan fingerprint density at radius 2 is 1.95 bits per heavy atom. The van der Waals surface area contributed by atoms with Gasteiger partial charge >= 0.3 is 0 Å². The van der Waals surface area contributed by atoms with Crippen LogP contribution in [0.25, 0.3) is 0 Å². The van der Waals surface area contributed by atoms with Crippen molar-refractivity contribution in [3.05, 3.63) is 46.7 Å². The summed E-state index contributed by atoms with van der Waals surface area (Å²) >= 11 is 1.63. The highest BCUT2D eigenvalue weighted by molar-refractivity contribution is 8.00. The molecule has 1 aromatic rings. The van der Waals surface area contributed by atoms with Gasteiger partial charge in [0, 0.05) is 24.4 Å². The van der Waals surface area contributed by atoms with Crippen LogP contribution < -0.4 is 0 Å². The summed E-state index contributed by atoms with van der Waals surface area (Å²) in [5.41, 5.74) is 4.10. The maximum Gasteiger partial charge on any atom is 0.178 e. The minimum atomic E-state index is 0.0264. The average molecular weight is 285 g/mol. The molecule has 3 nitrogen and oxygen atoms in total. The van der Waals surface area contributed by atoms with Crippen molar-refractivity contribution in [2.24, 2.45) is 0 Å². The van der Waals surface area contributed by atoms with Gasteiger partial charge in [0.05, 0.1) is 17.4 Å². The topological polar surface area (TPSA) is 37.4 Å². The van der Waals surface area contributed by atoms with Crippen molar-refractivity contribution in [2.45, 2.75) is 18.9 Å². The van der Waals surface area contributed by atoms with Gasteiger partial charge in [0.2, 0.25) is 0 Å². The van der Waals surface area contributed by atoms with E-state index in [2.05, 4.69) is 23.1 Å². The van der Waals surface area contributed by atoms with Gasteiger partial charge in [0.15, 0.2) is 11.6 Å². The molecule has 102 valence electrons. The molecule has 0 aliphatic carbocycles. The van der Waals surface area contributed by atoms with Crippen molar-refractivity contribution >= 4 is 23.3 Å². The summed E-state index contributed by atoms with van der Waals surface area (Å²) < 4.78 is 0. The van der Waals surface area contributed by atoms with Crippen molar-refractivity contribution in [3.63, 3.8) is 0 Å². The first kappa shape index (κ1) is 12.2. The van der Waals surface area contributed by atoms with Crippen LogP contribution in [0.2, 0.25) is 0 Å². The SMILES string of the molecule is O=C1CSCC2=C1C(=O)C[C@@H]1c3ccccc3CCN21. The number of carbonyl (C=O) groups is 2. The van der Waals surface area contributed by atoms with Gasteiger partial charge in [-0.15, -0.1) is 11.8 Å². The molecule has 0 saturated carbocycles. The van der Waals surface area contributed by atoms with Gasteiger partial charge in [-0.3, -0.25) is 9.59 Å². The maximum atomic E-state index is 12.4. The summed E-state index contributed by atoms with van der Waals surface area (Å²) in [6.45, 7) is 0.918. The lowest BCUT2D eigenvalue weighted by Gasteiger charge is -2.44. The summed E-state index contributed by atoms with van der Waals surface area (Å²) in [5, 5.41) is 0. The number of hydrogen-bond donors (Lipinski definition) is 0. The molecule has 0 amide bonds. The van der Waals surface area contributed by atoms with E-state index in [9.17, 15) is 9.59 Å². The van der Waals surface area contributed by atoms with E-state index in [4.69, 9.17) is 0 Å². The third-order valence-electron chi connectivity index (χ3n) is 4.46. The van der Waals surface area contributed by atoms with Crippen molar-refractivity contribution in [1.82, 2.24) is 4.90 Å². The molecule has 0 radical (unpaired) electrons. The maximum absolute atomic E-state index is 12.4. The lowest BCUT2D eigenvalue weighted by Crippen LogP contribution is -2.44. The number of hydrogen-bond acceptors (Lipinski definition) is 4. The Bertz CT molecular complexity index is 650. The summed E-state index contributed by atoms with van der Waals surface area (Å²) in [7, 11) is 0. The Labute approximate surface area is 122 Å². The van der Waals surface area contributed by atoms with Crippen LogP contribution in [0.4, 0.5) is 0 Å². The number of ketones is 2. The molecule has 0 N–H and O–H groups in total. The molecule has 1 aromatic carbocycles. The second-order valence-electron chi connectivity index (χ2n) is 5.52. The van der Waals surface area contributed by atoms with Gasteiger partial charge in [-0.2, -0.15) is 0 Å². The van der Waals surface area contributed by atoms with Crippen molar-refractivity contribution in [2.75, 3.05) is 18.1 Å². The van der Waals surface area contributed by atoms with Crippen molar-refractivity contribution in [1.29, 1.82) is 0 Å². The summed E-state index contributed by atoms with van der Waals surface area (Å²) in [6.07, 6.45) is 1.45. The van der Waals surface area contributed by atoms with Gasteiger partial charge in [0.25, 0.3) is 0 Å². The summed E-state index contributed by atoms with van der Waals surface area (Å²) in [5.74, 6) is 1.33. The molecule has 4 heteroatoms. The molecule has 0 aromatic heterocycles. The number of allylic oxidation sites excluding steroid dienone is 1. The predicted molar refractivity (Wildman–Crippen MR) is 78.6 cm³/mol. The standard InChI is InChI=1S/C16H15NO2S/c18-14-7-12-11-4-2-1-3-10(11)5-6-17(12)13-8-20-9-15(19)16(13)14/h1-4,12H,5-9H2/t12-/m1/s1. The van der Waals surface area contributed by atoms with Gasteiger partial charge < -0.3 is 4.90 Å². The Morgan fingerprint density at radius 1 is 1.10 bits per heavy atom. The molecule has 3 heterocycles. The molecular formula is C16H15NO2S. The van der Waals surface area contributed by atoms with E-state index in [0.717, 1.165) is 24.4 Å². The Morgan fingerprint density at radius 3 is 2.85 bits per heavy atom. The van der Waals surface area contributed by atoms with Crippen LogP contribution in [0.3, 0.4) is 0 Å². The van der Waals surface area contributed by atoms with Crippen LogP contribution in [0.1, 0.15) is 23.6 Å². The fourth-order valence-electron chi connectivity index (χ4n) is 3.56. The number of carbonyl (C=O) groups excluding carboxylic acids is 2. The van der Waals surface area contributed by atoms with Gasteiger partial charge in [-0.25, -0.2) is 0 Å². The molecule has 0 unspecified atom stereocenters. The summed E-state index contributed by atoms with van der Waals surface area (Å²) in [4.78, 5) is 26.7. The number of thioether (sulfide) groups is 1. The first-order valence-corrected chi connectivity index (χ1v) is 8.13. The highest BCUT2D eigenvalue weighted by Crippen LogP contribution is 2.42. The Balaban J connectivity index is 1.83. The van der Waals surface area contributed by atoms with Crippen LogP contribution in [-0.4, -0.2) is 34.5 Å². The molecule has 3 aliphatic rings. The van der Waals surface area contributed by atoms with Gasteiger partial charge in [-0.05, 0) is 17.5 Å². The molecule has 0 bridgehead atoms. The smallest absolute Gasteiger partial charge is 0.178 e. The second kappa shape index (κ2) is 4.48. The minimum absolute atomic E-state index is 0.0264. The zero-order valence-electron chi connectivity index (χ0n) is 11.1. The third-order valence-corrected chi connectivity index (χ3v) is 5.40. The normalized spacial score (nSPS) is 25.2. The van der Waals surface area contributed by atoms with E-state index >= 15 is 0 Å². The van der Waals surface area contributed by atoms with Crippen LogP contribution in [0.5, 0.6) is 0 Å². The van der Waals surface area contributed by atoms with Crippen LogP contribution in [0.15, 0.2) is 35.5 Å². The lowest BCUT2D eigenvalue weighted by atomic mass is 9.83. The lowest BCUT2D eigenvalue weighted by molar-refractivity contribution is -0.122. The van der Waals surface area contributed by atoms with Gasteiger partial charge in [0.1, 0.15) is 0 Å². The van der Waals surface area contributed by atoms with Crippen LogP contribution in [0, 0.1) is 0 Å².